The fourth-order valence-corrected chi connectivity index (χ4v) is 3.68. The highest BCUT2D eigenvalue weighted by atomic mass is 35.5. The van der Waals surface area contributed by atoms with Crippen LogP contribution in [0.15, 0.2) is 47.1 Å². The minimum Gasteiger partial charge on any atom is -0.340 e. The molecular weight excluding hydrogens is 415 g/mol. The van der Waals surface area contributed by atoms with Crippen molar-refractivity contribution in [1.29, 1.82) is 0 Å². The predicted molar refractivity (Wildman–Crippen MR) is 111 cm³/mol. The lowest BCUT2D eigenvalue weighted by Gasteiger charge is -2.28. The Morgan fingerprint density at radius 3 is 3.03 bits per heavy atom. The van der Waals surface area contributed by atoms with Gasteiger partial charge in [0, 0.05) is 29.1 Å². The molecule has 0 fully saturated rings. The molecule has 0 atom stereocenters. The molecule has 3 heterocycles. The lowest BCUT2D eigenvalue weighted by Crippen LogP contribution is -2.41. The van der Waals surface area contributed by atoms with Crippen LogP contribution in [-0.2, 0) is 13.0 Å². The fourth-order valence-electron chi connectivity index (χ4n) is 2.92. The summed E-state index contributed by atoms with van der Waals surface area (Å²) in [5, 5.41) is 9.09. The summed E-state index contributed by atoms with van der Waals surface area (Å²) in [6.45, 7) is 0.847. The topological polar surface area (TPSA) is 82.5 Å². The van der Waals surface area contributed by atoms with E-state index in [2.05, 4.69) is 25.8 Å². The minimum atomic E-state index is -0.493. The Morgan fingerprint density at radius 1 is 1.34 bits per heavy atom. The van der Waals surface area contributed by atoms with Gasteiger partial charge in [0.15, 0.2) is 0 Å². The Labute approximate surface area is 175 Å². The molecule has 2 N–H and O–H groups in total. The molecule has 10 heteroatoms. The maximum Gasteiger partial charge on any atom is 0.338 e. The van der Waals surface area contributed by atoms with Crippen LogP contribution in [-0.4, -0.2) is 33.7 Å². The molecule has 7 nitrogen and oxygen atoms in total. The first-order valence-corrected chi connectivity index (χ1v) is 10.0. The van der Waals surface area contributed by atoms with Gasteiger partial charge in [-0.3, -0.25) is 0 Å². The van der Waals surface area contributed by atoms with E-state index in [9.17, 15) is 9.18 Å². The third kappa shape index (κ3) is 4.52. The summed E-state index contributed by atoms with van der Waals surface area (Å²) in [5.74, 6) is 0.0603. The van der Waals surface area contributed by atoms with E-state index in [1.807, 2.05) is 17.5 Å². The van der Waals surface area contributed by atoms with Crippen LogP contribution >= 0.6 is 22.9 Å². The molecule has 1 aromatic carbocycles. The number of carbonyl (C=O) groups is 1. The van der Waals surface area contributed by atoms with Crippen molar-refractivity contribution in [2.45, 2.75) is 13.0 Å². The Morgan fingerprint density at radius 2 is 2.24 bits per heavy atom. The number of anilines is 2. The molecule has 2 amide bonds. The van der Waals surface area contributed by atoms with E-state index in [1.165, 1.54) is 29.8 Å². The summed E-state index contributed by atoms with van der Waals surface area (Å²) < 4.78 is 13.4. The molecule has 0 saturated heterocycles. The highest BCUT2D eigenvalue weighted by Crippen LogP contribution is 2.27. The Kier molecular flexibility index (Phi) is 5.68. The third-order valence-electron chi connectivity index (χ3n) is 4.37. The highest BCUT2D eigenvalue weighted by Gasteiger charge is 2.24. The molecule has 0 radical (unpaired) electrons. The molecule has 1 aliphatic heterocycles. The zero-order valence-electron chi connectivity index (χ0n) is 15.1. The van der Waals surface area contributed by atoms with Gasteiger partial charge in [-0.15, -0.1) is 11.3 Å². The van der Waals surface area contributed by atoms with E-state index in [1.54, 1.807) is 17.2 Å². The van der Waals surface area contributed by atoms with Crippen LogP contribution in [0.1, 0.15) is 16.1 Å². The van der Waals surface area contributed by atoms with Gasteiger partial charge in [0.05, 0.1) is 23.5 Å². The number of carbonyl (C=O) groups excluding carboxylic acids is 1. The van der Waals surface area contributed by atoms with Crippen LogP contribution in [0, 0.1) is 5.82 Å². The number of urea groups is 1. The number of nitrogens with zero attached hydrogens (tertiary/aromatic N) is 4. The van der Waals surface area contributed by atoms with Crippen molar-refractivity contribution in [2.75, 3.05) is 11.9 Å². The lowest BCUT2D eigenvalue weighted by atomic mass is 10.1. The van der Waals surface area contributed by atoms with Gasteiger partial charge >= 0.3 is 6.03 Å². The number of aromatic nitrogens is 2. The number of hydrogen-bond donors (Lipinski definition) is 2. The van der Waals surface area contributed by atoms with Gasteiger partial charge in [-0.25, -0.2) is 24.6 Å². The second kappa shape index (κ2) is 8.54. The van der Waals surface area contributed by atoms with Crippen LogP contribution in [0.5, 0.6) is 0 Å². The second-order valence-electron chi connectivity index (χ2n) is 6.26. The summed E-state index contributed by atoms with van der Waals surface area (Å²) in [5.41, 5.74) is 4.81. The number of hydrogen-bond acceptors (Lipinski definition) is 6. The first-order chi connectivity index (χ1) is 14.1. The number of benzene rings is 1. The Hall–Kier alpha value is -3.04. The Balaban J connectivity index is 1.47. The maximum absolute atomic E-state index is 13.4. The number of thiophene rings is 1. The molecule has 0 spiro atoms. The van der Waals surface area contributed by atoms with E-state index < -0.39 is 5.82 Å². The quantitative estimate of drug-likeness (QED) is 0.480. The van der Waals surface area contributed by atoms with Crippen LogP contribution in [0.3, 0.4) is 0 Å². The number of fused-ring (bicyclic) bond motifs is 1. The molecule has 2 aromatic heterocycles. The average Bonchev–Trinajstić information content (AvgIpc) is 3.24. The highest BCUT2D eigenvalue weighted by molar-refractivity contribution is 7.11. The van der Waals surface area contributed by atoms with Crippen molar-refractivity contribution in [3.8, 4) is 0 Å². The van der Waals surface area contributed by atoms with Gasteiger partial charge in [-0.2, -0.15) is 5.10 Å². The van der Waals surface area contributed by atoms with Gasteiger partial charge in [0.1, 0.15) is 18.0 Å². The number of rotatable bonds is 4. The van der Waals surface area contributed by atoms with E-state index in [0.717, 1.165) is 16.1 Å². The maximum atomic E-state index is 13.4. The second-order valence-corrected chi connectivity index (χ2v) is 7.65. The van der Waals surface area contributed by atoms with Gasteiger partial charge in [-0.1, -0.05) is 17.7 Å². The summed E-state index contributed by atoms with van der Waals surface area (Å²) >= 11 is 7.39. The first-order valence-electron chi connectivity index (χ1n) is 8.76. The summed E-state index contributed by atoms with van der Waals surface area (Å²) in [7, 11) is 0. The molecule has 0 unspecified atom stereocenters. The summed E-state index contributed by atoms with van der Waals surface area (Å²) in [6.07, 6.45) is 3.67. The average molecular weight is 431 g/mol. The smallest absolute Gasteiger partial charge is 0.338 e. The van der Waals surface area contributed by atoms with E-state index in [4.69, 9.17) is 11.6 Å². The summed E-state index contributed by atoms with van der Waals surface area (Å²) in [6, 6.07) is 7.86. The van der Waals surface area contributed by atoms with Gasteiger partial charge in [0.25, 0.3) is 0 Å². The third-order valence-corrected chi connectivity index (χ3v) is 5.46. The number of amides is 2. The van der Waals surface area contributed by atoms with E-state index >= 15 is 0 Å². The van der Waals surface area contributed by atoms with Crippen molar-refractivity contribution in [3.63, 3.8) is 0 Å². The Bertz CT molecular complexity index is 1060. The standard InChI is InChI=1S/C19H16ClFN6OS/c20-15-8-12(3-4-16(15)21)25-18-14-10-27(6-5-17(14)22-11-23-18)19(28)26-24-9-13-2-1-7-29-13/h1-4,7-9,11H,5-6,10H2,(H,26,28)(H,22,23,25)/b24-9+. The van der Waals surface area contributed by atoms with Gasteiger partial charge in [0.2, 0.25) is 0 Å². The lowest BCUT2D eigenvalue weighted by molar-refractivity contribution is 0.192. The first kappa shape index (κ1) is 19.3. The normalized spacial score (nSPS) is 13.4. The molecule has 0 aliphatic carbocycles. The molecule has 148 valence electrons. The van der Waals surface area contributed by atoms with Crippen LogP contribution in [0.25, 0.3) is 0 Å². The van der Waals surface area contributed by atoms with Gasteiger partial charge in [-0.05, 0) is 29.6 Å². The van der Waals surface area contributed by atoms with E-state index in [0.29, 0.717) is 31.0 Å². The monoisotopic (exact) mass is 430 g/mol. The van der Waals surface area contributed by atoms with Crippen LogP contribution in [0.4, 0.5) is 20.7 Å². The van der Waals surface area contributed by atoms with Crippen molar-refractivity contribution in [3.05, 3.63) is 69.0 Å². The molecule has 3 aromatic rings. The number of halogens is 2. The van der Waals surface area contributed by atoms with E-state index in [-0.39, 0.29) is 11.1 Å². The number of nitrogens with one attached hydrogen (secondary N) is 2. The zero-order chi connectivity index (χ0) is 20.2. The van der Waals surface area contributed by atoms with Crippen molar-refractivity contribution >= 4 is 46.7 Å². The number of hydrazone groups is 1. The van der Waals surface area contributed by atoms with Crippen LogP contribution < -0.4 is 10.7 Å². The molecule has 1 aliphatic rings. The molecule has 29 heavy (non-hydrogen) atoms. The van der Waals surface area contributed by atoms with Crippen molar-refractivity contribution < 1.29 is 9.18 Å². The molecule has 0 bridgehead atoms. The van der Waals surface area contributed by atoms with Crippen molar-refractivity contribution in [2.24, 2.45) is 5.10 Å². The molecule has 0 saturated carbocycles. The zero-order valence-corrected chi connectivity index (χ0v) is 16.7. The molecular formula is C19H16ClFN6OS. The SMILES string of the molecule is O=C(N/N=C/c1cccs1)N1CCc2ncnc(Nc3ccc(F)c(Cl)c3)c2C1. The predicted octanol–water partition coefficient (Wildman–Crippen LogP) is 4.18. The van der Waals surface area contributed by atoms with Gasteiger partial charge < -0.3 is 10.2 Å². The molecule has 4 rings (SSSR count). The van der Waals surface area contributed by atoms with Crippen molar-refractivity contribution in [1.82, 2.24) is 20.3 Å². The summed E-state index contributed by atoms with van der Waals surface area (Å²) in [4.78, 5) is 23.7. The van der Waals surface area contributed by atoms with Crippen LogP contribution in [0.2, 0.25) is 5.02 Å². The fraction of sp³-hybridized carbons (Fsp3) is 0.158. The largest absolute Gasteiger partial charge is 0.340 e. The minimum absolute atomic E-state index is 0.0162.